The van der Waals surface area contributed by atoms with Gasteiger partial charge in [-0.2, -0.15) is 5.10 Å². The van der Waals surface area contributed by atoms with Gasteiger partial charge in [0.15, 0.2) is 5.65 Å². The first kappa shape index (κ1) is 16.3. The van der Waals surface area contributed by atoms with Crippen molar-refractivity contribution in [1.29, 1.82) is 0 Å². The minimum atomic E-state index is -3.30. The molecule has 3 heterocycles. The summed E-state index contributed by atoms with van der Waals surface area (Å²) in [6, 6.07) is 10.2. The highest BCUT2D eigenvalue weighted by molar-refractivity contribution is 7.92. The maximum atomic E-state index is 11.8. The zero-order chi connectivity index (χ0) is 17.6. The molecule has 0 aliphatic carbocycles. The molecule has 1 aliphatic heterocycles. The van der Waals surface area contributed by atoms with E-state index in [1.807, 2.05) is 36.3 Å². The molecule has 0 atom stereocenters. The predicted molar refractivity (Wildman–Crippen MR) is 99.7 cm³/mol. The van der Waals surface area contributed by atoms with Crippen molar-refractivity contribution >= 4 is 37.7 Å². The number of fused-ring (bicyclic) bond motifs is 3. The fraction of sp³-hybridized carbons (Fsp3) is 0.294. The van der Waals surface area contributed by atoms with Crippen molar-refractivity contribution in [1.82, 2.24) is 14.6 Å². The lowest BCUT2D eigenvalue weighted by Gasteiger charge is -2.24. The summed E-state index contributed by atoms with van der Waals surface area (Å²) in [6.45, 7) is 4.21. The molecule has 4 rings (SSSR count). The van der Waals surface area contributed by atoms with Crippen molar-refractivity contribution in [2.75, 3.05) is 6.26 Å². The van der Waals surface area contributed by atoms with Gasteiger partial charge >= 0.3 is 0 Å². The fourth-order valence-electron chi connectivity index (χ4n) is 3.10. The topological polar surface area (TPSA) is 67.6 Å². The molecule has 2 aromatic heterocycles. The first-order valence-corrected chi connectivity index (χ1v) is 10.7. The Bertz CT molecular complexity index is 1070. The third-order valence-electron chi connectivity index (χ3n) is 4.25. The molecule has 0 radical (unpaired) electrons. The van der Waals surface area contributed by atoms with Gasteiger partial charge in [-0.3, -0.25) is 5.01 Å². The molecule has 1 aliphatic rings. The van der Waals surface area contributed by atoms with Crippen molar-refractivity contribution in [3.05, 3.63) is 47.2 Å². The Morgan fingerprint density at radius 2 is 2.00 bits per heavy atom. The molecular weight excluding hydrogens is 356 g/mol. The Hall–Kier alpha value is -2.19. The van der Waals surface area contributed by atoms with Gasteiger partial charge < -0.3 is 4.57 Å². The Kier molecular flexibility index (Phi) is 3.88. The van der Waals surface area contributed by atoms with Crippen LogP contribution in [0.4, 0.5) is 0 Å². The third-order valence-corrected chi connectivity index (χ3v) is 7.01. The average molecular weight is 374 g/mol. The van der Waals surface area contributed by atoms with Gasteiger partial charge in [0.05, 0.1) is 29.7 Å². The van der Waals surface area contributed by atoms with Crippen LogP contribution in [0, 0.1) is 0 Å². The number of rotatable bonds is 4. The van der Waals surface area contributed by atoms with Gasteiger partial charge in [0.1, 0.15) is 0 Å². The number of aryl methyl sites for hydroxylation is 1. The number of benzene rings is 1. The van der Waals surface area contributed by atoms with Crippen molar-refractivity contribution < 1.29 is 8.42 Å². The first-order chi connectivity index (χ1) is 12.0. The number of nitrogens with zero attached hydrogens (tertiary/aromatic N) is 4. The molecule has 6 nitrogen and oxygen atoms in total. The lowest BCUT2D eigenvalue weighted by atomic mass is 10.2. The highest BCUT2D eigenvalue weighted by Crippen LogP contribution is 2.34. The SMILES string of the molecule is CCn1c2c(c3sc(S(C)(=O)=O)nc31)C=NN(Cc1ccccc1)C2. The van der Waals surface area contributed by atoms with Crippen LogP contribution >= 0.6 is 11.3 Å². The monoisotopic (exact) mass is 374 g/mol. The number of aromatic nitrogens is 2. The number of hydrogen-bond donors (Lipinski definition) is 0. The summed E-state index contributed by atoms with van der Waals surface area (Å²) in [5, 5.41) is 6.58. The molecule has 0 saturated carbocycles. The summed E-state index contributed by atoms with van der Waals surface area (Å²) in [7, 11) is -3.30. The van der Waals surface area contributed by atoms with Gasteiger partial charge in [0.2, 0.25) is 14.2 Å². The summed E-state index contributed by atoms with van der Waals surface area (Å²) < 4.78 is 26.8. The van der Waals surface area contributed by atoms with Gasteiger partial charge in [-0.25, -0.2) is 13.4 Å². The molecule has 0 fully saturated rings. The molecule has 1 aromatic carbocycles. The molecule has 0 spiro atoms. The highest BCUT2D eigenvalue weighted by Gasteiger charge is 2.26. The Balaban J connectivity index is 1.74. The van der Waals surface area contributed by atoms with Crippen LogP contribution in [0.3, 0.4) is 0 Å². The normalized spacial score (nSPS) is 14.2. The van der Waals surface area contributed by atoms with E-state index in [2.05, 4.69) is 26.8 Å². The quantitative estimate of drug-likeness (QED) is 0.704. The van der Waals surface area contributed by atoms with Gasteiger partial charge in [0, 0.05) is 18.4 Å². The zero-order valence-electron chi connectivity index (χ0n) is 14.0. The van der Waals surface area contributed by atoms with Crippen LogP contribution in [0.5, 0.6) is 0 Å². The molecule has 25 heavy (non-hydrogen) atoms. The minimum Gasteiger partial charge on any atom is -0.327 e. The molecular formula is C17H18N4O2S2. The predicted octanol–water partition coefficient (Wildman–Crippen LogP) is 2.87. The van der Waals surface area contributed by atoms with Crippen LogP contribution in [0.1, 0.15) is 23.7 Å². The minimum absolute atomic E-state index is 0.169. The summed E-state index contributed by atoms with van der Waals surface area (Å²) in [6.07, 6.45) is 3.03. The lowest BCUT2D eigenvalue weighted by molar-refractivity contribution is 0.261. The van der Waals surface area contributed by atoms with Crippen LogP contribution in [0.2, 0.25) is 0 Å². The van der Waals surface area contributed by atoms with E-state index in [-0.39, 0.29) is 4.34 Å². The van der Waals surface area contributed by atoms with Crippen LogP contribution in [0.15, 0.2) is 39.8 Å². The smallest absolute Gasteiger partial charge is 0.211 e. The zero-order valence-corrected chi connectivity index (χ0v) is 15.6. The second-order valence-corrected chi connectivity index (χ2v) is 9.25. The van der Waals surface area contributed by atoms with Crippen LogP contribution in [-0.4, -0.2) is 35.4 Å². The van der Waals surface area contributed by atoms with Gasteiger partial charge in [-0.05, 0) is 12.5 Å². The van der Waals surface area contributed by atoms with Crippen molar-refractivity contribution in [2.45, 2.75) is 30.9 Å². The molecule has 8 heteroatoms. The molecule has 0 N–H and O–H groups in total. The number of thiazole rings is 1. The molecule has 0 amide bonds. The fourth-order valence-corrected chi connectivity index (χ4v) is 5.04. The largest absolute Gasteiger partial charge is 0.327 e. The van der Waals surface area contributed by atoms with Crippen LogP contribution < -0.4 is 0 Å². The van der Waals surface area contributed by atoms with E-state index < -0.39 is 9.84 Å². The summed E-state index contributed by atoms with van der Waals surface area (Å²) >= 11 is 1.23. The Labute approximate surface area is 150 Å². The second-order valence-electron chi connectivity index (χ2n) is 6.06. The average Bonchev–Trinajstić information content (AvgIpc) is 3.12. The summed E-state index contributed by atoms with van der Waals surface area (Å²) in [4.78, 5) is 4.38. The van der Waals surface area contributed by atoms with Crippen molar-refractivity contribution in [3.63, 3.8) is 0 Å². The second kappa shape index (κ2) is 5.96. The molecule has 3 aromatic rings. The lowest BCUT2D eigenvalue weighted by Crippen LogP contribution is -2.23. The maximum Gasteiger partial charge on any atom is 0.211 e. The molecule has 0 saturated heterocycles. The number of hydrogen-bond acceptors (Lipinski definition) is 6. The van der Waals surface area contributed by atoms with Crippen LogP contribution in [0.25, 0.3) is 10.3 Å². The molecule has 0 unspecified atom stereocenters. The first-order valence-electron chi connectivity index (χ1n) is 8.02. The van der Waals surface area contributed by atoms with Gasteiger partial charge in [-0.1, -0.05) is 30.3 Å². The van der Waals surface area contributed by atoms with Crippen molar-refractivity contribution in [3.8, 4) is 0 Å². The van der Waals surface area contributed by atoms with E-state index >= 15 is 0 Å². The van der Waals surface area contributed by atoms with Crippen molar-refractivity contribution in [2.24, 2.45) is 5.10 Å². The number of sulfone groups is 1. The molecule has 0 bridgehead atoms. The third kappa shape index (κ3) is 2.85. The molecule has 130 valence electrons. The standard InChI is InChI=1S/C17H18N4O2S2/c1-3-21-14-11-20(10-12-7-5-4-6-8-12)18-9-13(14)15-16(21)19-17(24-15)25(2,22)23/h4-9H,3,10-11H2,1-2H3. The van der Waals surface area contributed by atoms with Crippen LogP contribution in [-0.2, 0) is 29.5 Å². The summed E-state index contributed by atoms with van der Waals surface area (Å²) in [5.74, 6) is 0. The van der Waals surface area contributed by atoms with E-state index in [0.717, 1.165) is 34.7 Å². The van der Waals surface area contributed by atoms with E-state index in [0.29, 0.717) is 6.54 Å². The Morgan fingerprint density at radius 1 is 1.24 bits per heavy atom. The Morgan fingerprint density at radius 3 is 2.68 bits per heavy atom. The van der Waals surface area contributed by atoms with Gasteiger partial charge in [-0.15, -0.1) is 11.3 Å². The van der Waals surface area contributed by atoms with E-state index in [1.165, 1.54) is 23.2 Å². The number of hydrazone groups is 1. The highest BCUT2D eigenvalue weighted by atomic mass is 32.2. The maximum absolute atomic E-state index is 11.8. The van der Waals surface area contributed by atoms with E-state index in [4.69, 9.17) is 0 Å². The van der Waals surface area contributed by atoms with E-state index in [1.54, 1.807) is 0 Å². The summed E-state index contributed by atoms with van der Waals surface area (Å²) in [5.41, 5.74) is 4.08. The van der Waals surface area contributed by atoms with E-state index in [9.17, 15) is 8.42 Å². The van der Waals surface area contributed by atoms with Gasteiger partial charge in [0.25, 0.3) is 0 Å².